The van der Waals surface area contributed by atoms with Crippen LogP contribution in [0.1, 0.15) is 20.8 Å². The van der Waals surface area contributed by atoms with Gasteiger partial charge < -0.3 is 0 Å². The lowest BCUT2D eigenvalue weighted by Gasteiger charge is -2.05. The van der Waals surface area contributed by atoms with Gasteiger partial charge in [0, 0.05) is 11.1 Å². The predicted molar refractivity (Wildman–Crippen MR) is 85.4 cm³/mol. The predicted octanol–water partition coefficient (Wildman–Crippen LogP) is 2.29. The van der Waals surface area contributed by atoms with Crippen molar-refractivity contribution in [2.24, 2.45) is 0 Å². The molecule has 2 aromatic carbocycles. The summed E-state index contributed by atoms with van der Waals surface area (Å²) in [5.74, 6) is -1.53. The number of amides is 2. The number of halogens is 1. The molecule has 0 unspecified atom stereocenters. The third-order valence-corrected chi connectivity index (χ3v) is 3.29. The van der Waals surface area contributed by atoms with Crippen LogP contribution < -0.4 is 10.9 Å². The lowest BCUT2D eigenvalue weighted by molar-refractivity contribution is 0.0844. The molecule has 3 aromatic rings. The molecule has 7 heteroatoms. The molecule has 120 valence electrons. The Bertz CT molecular complexity index is 860. The Hall–Kier alpha value is -3.48. The van der Waals surface area contributed by atoms with Crippen LogP contribution in [0, 0.1) is 5.82 Å². The molecule has 0 radical (unpaired) electrons. The molecule has 0 spiro atoms. The van der Waals surface area contributed by atoms with Crippen LogP contribution in [0.2, 0.25) is 0 Å². The topological polar surface area (TPSA) is 86.9 Å². The van der Waals surface area contributed by atoms with Gasteiger partial charge in [-0.1, -0.05) is 30.3 Å². The minimum absolute atomic E-state index is 0.202. The van der Waals surface area contributed by atoms with Gasteiger partial charge in [-0.3, -0.25) is 25.5 Å². The van der Waals surface area contributed by atoms with Gasteiger partial charge in [0.2, 0.25) is 0 Å². The number of hydrogen-bond donors (Lipinski definition) is 3. The van der Waals surface area contributed by atoms with Crippen molar-refractivity contribution >= 4 is 11.8 Å². The Morgan fingerprint density at radius 1 is 0.917 bits per heavy atom. The van der Waals surface area contributed by atoms with E-state index in [-0.39, 0.29) is 11.3 Å². The number of hydrogen-bond acceptors (Lipinski definition) is 3. The quantitative estimate of drug-likeness (QED) is 0.646. The van der Waals surface area contributed by atoms with Crippen LogP contribution >= 0.6 is 0 Å². The first-order chi connectivity index (χ1) is 11.6. The van der Waals surface area contributed by atoms with Gasteiger partial charge in [-0.15, -0.1) is 0 Å². The fourth-order valence-corrected chi connectivity index (χ4v) is 2.05. The summed E-state index contributed by atoms with van der Waals surface area (Å²) in [4.78, 5) is 23.9. The monoisotopic (exact) mass is 324 g/mol. The van der Waals surface area contributed by atoms with Crippen molar-refractivity contribution in [1.29, 1.82) is 0 Å². The Morgan fingerprint density at radius 2 is 1.58 bits per heavy atom. The molecule has 1 aromatic heterocycles. The molecular formula is C17H13FN4O2. The molecule has 0 atom stereocenters. The summed E-state index contributed by atoms with van der Waals surface area (Å²) >= 11 is 0. The zero-order chi connectivity index (χ0) is 16.9. The van der Waals surface area contributed by atoms with Gasteiger partial charge in [0.25, 0.3) is 11.8 Å². The molecule has 0 aliphatic carbocycles. The van der Waals surface area contributed by atoms with Crippen molar-refractivity contribution in [3.8, 4) is 11.3 Å². The maximum Gasteiger partial charge on any atom is 0.287 e. The summed E-state index contributed by atoms with van der Waals surface area (Å²) in [6, 6.07) is 15.9. The van der Waals surface area contributed by atoms with Crippen LogP contribution in [0.15, 0.2) is 60.7 Å². The lowest BCUT2D eigenvalue weighted by Crippen LogP contribution is -2.41. The number of aromatic nitrogens is 2. The molecular weight excluding hydrogens is 311 g/mol. The summed E-state index contributed by atoms with van der Waals surface area (Å²) in [7, 11) is 0. The van der Waals surface area contributed by atoms with E-state index in [2.05, 4.69) is 21.0 Å². The van der Waals surface area contributed by atoms with E-state index in [0.29, 0.717) is 5.69 Å². The van der Waals surface area contributed by atoms with Gasteiger partial charge in [-0.2, -0.15) is 5.10 Å². The van der Waals surface area contributed by atoms with Gasteiger partial charge in [0.05, 0.1) is 5.69 Å². The minimum atomic E-state index is -0.550. The molecule has 1 heterocycles. The SMILES string of the molecule is O=C(NNC(=O)c1cc(-c2ccccc2)n[nH]1)c1ccc(F)cc1. The number of rotatable bonds is 3. The average Bonchev–Trinajstić information content (AvgIpc) is 3.11. The number of carbonyl (C=O) groups is 2. The van der Waals surface area contributed by atoms with E-state index in [1.807, 2.05) is 30.3 Å². The summed E-state index contributed by atoms with van der Waals surface area (Å²) in [5, 5.41) is 6.67. The van der Waals surface area contributed by atoms with E-state index in [4.69, 9.17) is 0 Å². The molecule has 3 rings (SSSR count). The van der Waals surface area contributed by atoms with E-state index in [9.17, 15) is 14.0 Å². The number of nitrogens with zero attached hydrogens (tertiary/aromatic N) is 1. The highest BCUT2D eigenvalue weighted by molar-refractivity contribution is 5.98. The zero-order valence-electron chi connectivity index (χ0n) is 12.4. The summed E-state index contributed by atoms with van der Waals surface area (Å²) in [5.41, 5.74) is 6.44. The fourth-order valence-electron chi connectivity index (χ4n) is 2.05. The number of aromatic amines is 1. The van der Waals surface area contributed by atoms with E-state index >= 15 is 0 Å². The van der Waals surface area contributed by atoms with Crippen LogP contribution in [-0.4, -0.2) is 22.0 Å². The molecule has 24 heavy (non-hydrogen) atoms. The van der Waals surface area contributed by atoms with Crippen molar-refractivity contribution in [2.45, 2.75) is 0 Å². The largest absolute Gasteiger partial charge is 0.287 e. The molecule has 0 aliphatic rings. The molecule has 0 saturated carbocycles. The van der Waals surface area contributed by atoms with Crippen LogP contribution in [0.3, 0.4) is 0 Å². The Labute approximate surface area is 136 Å². The van der Waals surface area contributed by atoms with Crippen molar-refractivity contribution in [1.82, 2.24) is 21.0 Å². The molecule has 0 aliphatic heterocycles. The maximum atomic E-state index is 12.8. The first kappa shape index (κ1) is 15.4. The first-order valence-electron chi connectivity index (χ1n) is 7.10. The van der Waals surface area contributed by atoms with Crippen LogP contribution in [0.4, 0.5) is 4.39 Å². The van der Waals surface area contributed by atoms with Gasteiger partial charge in [0.15, 0.2) is 0 Å². The standard InChI is InChI=1S/C17H13FN4O2/c18-13-8-6-12(7-9-13)16(23)21-22-17(24)15-10-14(19-20-15)11-4-2-1-3-5-11/h1-10H,(H,19,20)(H,21,23)(H,22,24). The Morgan fingerprint density at radius 3 is 2.29 bits per heavy atom. The number of H-pyrrole nitrogens is 1. The van der Waals surface area contributed by atoms with Crippen LogP contribution in [0.5, 0.6) is 0 Å². The Balaban J connectivity index is 1.62. The maximum absolute atomic E-state index is 12.8. The Kier molecular flexibility index (Phi) is 4.33. The highest BCUT2D eigenvalue weighted by Crippen LogP contribution is 2.16. The lowest BCUT2D eigenvalue weighted by atomic mass is 10.1. The number of carbonyl (C=O) groups excluding carboxylic acids is 2. The minimum Gasteiger partial charge on any atom is -0.272 e. The van der Waals surface area contributed by atoms with E-state index < -0.39 is 17.6 Å². The van der Waals surface area contributed by atoms with Crippen molar-refractivity contribution in [3.63, 3.8) is 0 Å². The summed E-state index contributed by atoms with van der Waals surface area (Å²) < 4.78 is 12.8. The van der Waals surface area contributed by atoms with Crippen LogP contribution in [0.25, 0.3) is 11.3 Å². The van der Waals surface area contributed by atoms with E-state index in [0.717, 1.165) is 17.7 Å². The van der Waals surface area contributed by atoms with Crippen molar-refractivity contribution in [3.05, 3.63) is 77.7 Å². The zero-order valence-corrected chi connectivity index (χ0v) is 12.4. The number of benzene rings is 2. The second-order valence-electron chi connectivity index (χ2n) is 4.95. The fraction of sp³-hybridized carbons (Fsp3) is 0. The molecule has 0 bridgehead atoms. The summed E-state index contributed by atoms with van der Waals surface area (Å²) in [6.07, 6.45) is 0. The second-order valence-corrected chi connectivity index (χ2v) is 4.95. The van der Waals surface area contributed by atoms with Crippen molar-refractivity contribution in [2.75, 3.05) is 0 Å². The third-order valence-electron chi connectivity index (χ3n) is 3.29. The molecule has 6 nitrogen and oxygen atoms in total. The smallest absolute Gasteiger partial charge is 0.272 e. The summed E-state index contributed by atoms with van der Waals surface area (Å²) in [6.45, 7) is 0. The normalized spacial score (nSPS) is 10.2. The highest BCUT2D eigenvalue weighted by Gasteiger charge is 2.12. The molecule has 0 saturated heterocycles. The number of hydrazine groups is 1. The van der Waals surface area contributed by atoms with E-state index in [1.54, 1.807) is 6.07 Å². The van der Waals surface area contributed by atoms with Gasteiger partial charge in [-0.25, -0.2) is 4.39 Å². The molecule has 0 fully saturated rings. The first-order valence-corrected chi connectivity index (χ1v) is 7.10. The average molecular weight is 324 g/mol. The van der Waals surface area contributed by atoms with Gasteiger partial charge >= 0.3 is 0 Å². The number of nitrogens with one attached hydrogen (secondary N) is 3. The third kappa shape index (κ3) is 3.46. The van der Waals surface area contributed by atoms with Gasteiger partial charge in [-0.05, 0) is 30.3 Å². The van der Waals surface area contributed by atoms with Crippen LogP contribution in [-0.2, 0) is 0 Å². The molecule has 2 amide bonds. The van der Waals surface area contributed by atoms with Crippen molar-refractivity contribution < 1.29 is 14.0 Å². The van der Waals surface area contributed by atoms with E-state index in [1.165, 1.54) is 12.1 Å². The highest BCUT2D eigenvalue weighted by atomic mass is 19.1. The van der Waals surface area contributed by atoms with Gasteiger partial charge in [0.1, 0.15) is 11.5 Å². The second kappa shape index (κ2) is 6.74. The molecule has 3 N–H and O–H groups in total.